The van der Waals surface area contributed by atoms with Crippen molar-refractivity contribution >= 4 is 29.2 Å². The highest BCUT2D eigenvalue weighted by Gasteiger charge is 2.37. The first-order chi connectivity index (χ1) is 8.95. The van der Waals surface area contributed by atoms with Gasteiger partial charge in [-0.3, -0.25) is 9.59 Å². The van der Waals surface area contributed by atoms with Gasteiger partial charge in [0, 0.05) is 6.42 Å². The van der Waals surface area contributed by atoms with Gasteiger partial charge in [-0.25, -0.2) is 0 Å². The highest BCUT2D eigenvalue weighted by molar-refractivity contribution is 6.33. The molecule has 1 amide bonds. The van der Waals surface area contributed by atoms with Crippen LogP contribution in [-0.2, 0) is 9.59 Å². The minimum atomic E-state index is -1.01. The number of halogens is 1. The third-order valence-corrected chi connectivity index (χ3v) is 3.78. The van der Waals surface area contributed by atoms with Crippen molar-refractivity contribution in [2.24, 2.45) is 5.41 Å². The summed E-state index contributed by atoms with van der Waals surface area (Å²) in [6.45, 7) is 3.56. The fourth-order valence-electron chi connectivity index (χ4n) is 1.94. The minimum absolute atomic E-state index is 0.0550. The van der Waals surface area contributed by atoms with Crippen molar-refractivity contribution < 1.29 is 14.7 Å². The number of hydrogen-bond acceptors (Lipinski definition) is 2. The van der Waals surface area contributed by atoms with Crippen LogP contribution >= 0.6 is 11.6 Å². The average molecular weight is 284 g/mol. The Hall–Kier alpha value is -1.55. The predicted molar refractivity (Wildman–Crippen MR) is 75.3 cm³/mol. The second-order valence-corrected chi connectivity index (χ2v) is 4.90. The highest BCUT2D eigenvalue weighted by atomic mass is 35.5. The zero-order chi connectivity index (χ0) is 14.5. The van der Waals surface area contributed by atoms with Gasteiger partial charge in [0.2, 0.25) is 5.91 Å². The van der Waals surface area contributed by atoms with Crippen molar-refractivity contribution in [2.45, 2.75) is 33.1 Å². The zero-order valence-electron chi connectivity index (χ0n) is 11.1. The second kappa shape index (κ2) is 6.57. The standard InChI is InChI=1S/C14H18ClNO3/c1-3-14(4-2,13(18)19)9-12(17)16-11-8-6-5-7-10(11)15/h5-8H,3-4,9H2,1-2H3,(H,16,17)(H,18,19). The van der Waals surface area contributed by atoms with E-state index >= 15 is 0 Å². The maximum absolute atomic E-state index is 12.0. The molecule has 19 heavy (non-hydrogen) atoms. The van der Waals surface area contributed by atoms with E-state index in [2.05, 4.69) is 5.32 Å². The van der Waals surface area contributed by atoms with Crippen LogP contribution in [0.1, 0.15) is 33.1 Å². The molecule has 0 bridgehead atoms. The summed E-state index contributed by atoms with van der Waals surface area (Å²) in [5.41, 5.74) is -0.508. The molecular weight excluding hydrogens is 266 g/mol. The van der Waals surface area contributed by atoms with Gasteiger partial charge in [0.15, 0.2) is 0 Å². The summed E-state index contributed by atoms with van der Waals surface area (Å²) < 4.78 is 0. The Bertz CT molecular complexity index is 470. The fraction of sp³-hybridized carbons (Fsp3) is 0.429. The number of nitrogens with one attached hydrogen (secondary N) is 1. The Morgan fingerprint density at radius 1 is 1.26 bits per heavy atom. The van der Waals surface area contributed by atoms with E-state index in [0.29, 0.717) is 23.6 Å². The van der Waals surface area contributed by atoms with Gasteiger partial charge in [0.25, 0.3) is 0 Å². The van der Waals surface area contributed by atoms with Gasteiger partial charge in [-0.05, 0) is 25.0 Å². The van der Waals surface area contributed by atoms with Crippen LogP contribution in [0.3, 0.4) is 0 Å². The summed E-state index contributed by atoms with van der Waals surface area (Å²) in [7, 11) is 0. The Kier molecular flexibility index (Phi) is 5.36. The van der Waals surface area contributed by atoms with Crippen molar-refractivity contribution in [1.29, 1.82) is 0 Å². The van der Waals surface area contributed by atoms with E-state index in [1.165, 1.54) is 0 Å². The summed E-state index contributed by atoms with van der Waals surface area (Å²) in [6.07, 6.45) is 0.768. The molecule has 0 atom stereocenters. The molecule has 0 heterocycles. The van der Waals surface area contributed by atoms with Crippen LogP contribution in [0.4, 0.5) is 5.69 Å². The summed E-state index contributed by atoms with van der Waals surface area (Å²) in [4.78, 5) is 23.3. The number of carbonyl (C=O) groups excluding carboxylic acids is 1. The third kappa shape index (κ3) is 3.70. The van der Waals surface area contributed by atoms with Crippen molar-refractivity contribution in [3.63, 3.8) is 0 Å². The molecule has 0 aliphatic carbocycles. The van der Waals surface area contributed by atoms with Crippen molar-refractivity contribution in [2.75, 3.05) is 5.32 Å². The molecule has 0 aliphatic heterocycles. The smallest absolute Gasteiger partial charge is 0.310 e. The molecule has 1 aromatic carbocycles. The normalized spacial score (nSPS) is 11.1. The molecule has 0 fully saturated rings. The molecule has 4 nitrogen and oxygen atoms in total. The first-order valence-corrected chi connectivity index (χ1v) is 6.60. The maximum Gasteiger partial charge on any atom is 0.310 e. The van der Waals surface area contributed by atoms with Crippen LogP contribution in [0.5, 0.6) is 0 Å². The van der Waals surface area contributed by atoms with Crippen LogP contribution in [0.15, 0.2) is 24.3 Å². The first-order valence-electron chi connectivity index (χ1n) is 6.23. The lowest BCUT2D eigenvalue weighted by molar-refractivity contribution is -0.151. The molecule has 0 unspecified atom stereocenters. The molecule has 0 radical (unpaired) electrons. The fourth-order valence-corrected chi connectivity index (χ4v) is 2.13. The van der Waals surface area contributed by atoms with Crippen LogP contribution in [0.25, 0.3) is 0 Å². The predicted octanol–water partition coefficient (Wildman–Crippen LogP) is 3.56. The summed E-state index contributed by atoms with van der Waals surface area (Å²) >= 11 is 5.94. The van der Waals surface area contributed by atoms with E-state index in [9.17, 15) is 14.7 Å². The molecule has 1 aromatic rings. The molecule has 0 saturated carbocycles. The Balaban J connectivity index is 2.80. The van der Waals surface area contributed by atoms with E-state index in [4.69, 9.17) is 11.6 Å². The third-order valence-electron chi connectivity index (χ3n) is 3.45. The number of para-hydroxylation sites is 1. The number of carboxylic acid groups (broad SMARTS) is 1. The minimum Gasteiger partial charge on any atom is -0.481 e. The van der Waals surface area contributed by atoms with Gasteiger partial charge < -0.3 is 10.4 Å². The van der Waals surface area contributed by atoms with Gasteiger partial charge in [-0.2, -0.15) is 0 Å². The summed E-state index contributed by atoms with van der Waals surface area (Å²) in [6, 6.07) is 6.87. The molecule has 0 aromatic heterocycles. The molecule has 0 aliphatic rings. The number of anilines is 1. The first kappa shape index (κ1) is 15.5. The van der Waals surface area contributed by atoms with E-state index < -0.39 is 11.4 Å². The number of hydrogen-bond donors (Lipinski definition) is 2. The lowest BCUT2D eigenvalue weighted by Gasteiger charge is -2.25. The van der Waals surface area contributed by atoms with Crippen molar-refractivity contribution in [1.82, 2.24) is 0 Å². The monoisotopic (exact) mass is 283 g/mol. The average Bonchev–Trinajstić information content (AvgIpc) is 2.38. The number of rotatable bonds is 6. The largest absolute Gasteiger partial charge is 0.481 e. The maximum atomic E-state index is 12.0. The topological polar surface area (TPSA) is 66.4 Å². The highest BCUT2D eigenvalue weighted by Crippen LogP contribution is 2.32. The van der Waals surface area contributed by atoms with E-state index in [1.54, 1.807) is 38.1 Å². The Morgan fingerprint density at radius 2 is 1.84 bits per heavy atom. The van der Waals surface area contributed by atoms with Crippen LogP contribution in [0.2, 0.25) is 5.02 Å². The Morgan fingerprint density at radius 3 is 2.32 bits per heavy atom. The molecule has 0 saturated heterocycles. The van der Waals surface area contributed by atoms with E-state index in [0.717, 1.165) is 0 Å². The van der Waals surface area contributed by atoms with Crippen molar-refractivity contribution in [3.8, 4) is 0 Å². The molecule has 104 valence electrons. The van der Waals surface area contributed by atoms with Gasteiger partial charge in [0.05, 0.1) is 16.1 Å². The lowest BCUT2D eigenvalue weighted by atomic mass is 9.79. The van der Waals surface area contributed by atoms with Gasteiger partial charge in [-0.1, -0.05) is 37.6 Å². The lowest BCUT2D eigenvalue weighted by Crippen LogP contribution is -2.34. The van der Waals surface area contributed by atoms with Crippen LogP contribution < -0.4 is 5.32 Å². The number of amides is 1. The molecule has 0 spiro atoms. The number of carboxylic acids is 1. The van der Waals surface area contributed by atoms with Gasteiger partial charge >= 0.3 is 5.97 Å². The quantitative estimate of drug-likeness (QED) is 0.839. The Labute approximate surface area is 117 Å². The molecule has 1 rings (SSSR count). The van der Waals surface area contributed by atoms with E-state index in [1.807, 2.05) is 0 Å². The van der Waals surface area contributed by atoms with Crippen LogP contribution in [-0.4, -0.2) is 17.0 Å². The second-order valence-electron chi connectivity index (χ2n) is 4.50. The van der Waals surface area contributed by atoms with E-state index in [-0.39, 0.29) is 12.3 Å². The number of benzene rings is 1. The van der Waals surface area contributed by atoms with Gasteiger partial charge in [0.1, 0.15) is 0 Å². The summed E-state index contributed by atoms with van der Waals surface area (Å²) in [5, 5.41) is 12.4. The zero-order valence-corrected chi connectivity index (χ0v) is 11.8. The molecule has 2 N–H and O–H groups in total. The molecule has 5 heteroatoms. The van der Waals surface area contributed by atoms with Gasteiger partial charge in [-0.15, -0.1) is 0 Å². The number of aliphatic carboxylic acids is 1. The number of carbonyl (C=O) groups is 2. The van der Waals surface area contributed by atoms with Crippen molar-refractivity contribution in [3.05, 3.63) is 29.3 Å². The molecular formula is C14H18ClNO3. The SMILES string of the molecule is CCC(CC)(CC(=O)Nc1ccccc1Cl)C(=O)O. The van der Waals surface area contributed by atoms with Crippen LogP contribution in [0, 0.1) is 5.41 Å². The summed E-state index contributed by atoms with van der Waals surface area (Å²) in [5.74, 6) is -1.27.